The molecule has 10 nitrogen and oxygen atoms in total. The molecule has 1 N–H and O–H groups in total. The van der Waals surface area contributed by atoms with Crippen LogP contribution in [0.15, 0.2) is 27.8 Å². The zero-order valence-electron chi connectivity index (χ0n) is 18.1. The monoisotopic (exact) mass is 431 g/mol. The van der Waals surface area contributed by atoms with Gasteiger partial charge in [0.05, 0.1) is 31.2 Å². The van der Waals surface area contributed by atoms with Crippen molar-refractivity contribution in [1.29, 1.82) is 0 Å². The van der Waals surface area contributed by atoms with Crippen LogP contribution in [0.5, 0.6) is 11.5 Å². The summed E-state index contributed by atoms with van der Waals surface area (Å²) < 4.78 is 18.0. The summed E-state index contributed by atoms with van der Waals surface area (Å²) >= 11 is 0. The second-order valence-electron chi connectivity index (χ2n) is 7.51. The van der Waals surface area contributed by atoms with E-state index in [1.54, 1.807) is 0 Å². The smallest absolute Gasteiger partial charge is 0.340 e. The third kappa shape index (κ3) is 4.47. The first-order valence-electron chi connectivity index (χ1n) is 9.67. The summed E-state index contributed by atoms with van der Waals surface area (Å²) in [5.41, 5.74) is -0.514. The van der Waals surface area contributed by atoms with Gasteiger partial charge in [-0.05, 0) is 12.3 Å². The van der Waals surface area contributed by atoms with Crippen molar-refractivity contribution in [3.8, 4) is 11.5 Å². The van der Waals surface area contributed by atoms with Crippen molar-refractivity contribution < 1.29 is 23.8 Å². The molecule has 1 aliphatic rings. The summed E-state index contributed by atoms with van der Waals surface area (Å²) in [6, 6.07) is 4.13. The van der Waals surface area contributed by atoms with E-state index in [1.165, 1.54) is 51.1 Å². The second kappa shape index (κ2) is 8.66. The molecular formula is C21H25N3O7. The highest BCUT2D eigenvalue weighted by molar-refractivity contribution is 6.03. The Balaban J connectivity index is 1.89. The molecule has 1 heterocycles. The predicted molar refractivity (Wildman–Crippen MR) is 111 cm³/mol. The molecule has 3 rings (SSSR count). The highest BCUT2D eigenvalue weighted by Crippen LogP contribution is 2.40. The van der Waals surface area contributed by atoms with E-state index >= 15 is 0 Å². The fourth-order valence-corrected chi connectivity index (χ4v) is 3.20. The normalized spacial score (nSPS) is 17.1. The fourth-order valence-electron chi connectivity index (χ4n) is 3.20. The minimum Gasteiger partial charge on any atom is -0.493 e. The summed E-state index contributed by atoms with van der Waals surface area (Å²) in [4.78, 5) is 49.2. The maximum atomic E-state index is 12.8. The molecule has 166 valence electrons. The minimum atomic E-state index is -0.756. The molecule has 31 heavy (non-hydrogen) atoms. The maximum absolute atomic E-state index is 12.8. The first kappa shape index (κ1) is 22.1. The number of nitrogens with zero attached hydrogens (tertiary/aromatic N) is 2. The van der Waals surface area contributed by atoms with Crippen molar-refractivity contribution in [2.24, 2.45) is 25.9 Å². The lowest BCUT2D eigenvalue weighted by atomic mass is 10.1. The highest BCUT2D eigenvalue weighted by atomic mass is 16.5. The maximum Gasteiger partial charge on any atom is 0.340 e. The van der Waals surface area contributed by atoms with Gasteiger partial charge in [0.2, 0.25) is 5.91 Å². The highest BCUT2D eigenvalue weighted by Gasteiger charge is 2.39. The number of benzene rings is 1. The molecule has 2 aromatic rings. The third-order valence-corrected chi connectivity index (χ3v) is 5.42. The first-order valence-corrected chi connectivity index (χ1v) is 9.67. The average Bonchev–Trinajstić information content (AvgIpc) is 3.49. The quantitative estimate of drug-likeness (QED) is 0.651. The molecule has 1 aromatic heterocycles. The summed E-state index contributed by atoms with van der Waals surface area (Å²) in [6.07, 6.45) is 0.788. The second-order valence-corrected chi connectivity index (χ2v) is 7.51. The van der Waals surface area contributed by atoms with Crippen LogP contribution in [0.3, 0.4) is 0 Å². The van der Waals surface area contributed by atoms with Gasteiger partial charge in [0.25, 0.3) is 5.56 Å². The standard InChI is InChI=1S/C21H25N3O7/c1-11-6-13(11)19(26)22-15-9-17(30-5)16(29-4)8-14(15)20(27)31-10-12-7-18(25)24(3)21(28)23(12)2/h7-9,11,13H,6,10H2,1-5H3,(H,22,26). The van der Waals surface area contributed by atoms with Crippen molar-refractivity contribution in [3.05, 3.63) is 50.3 Å². The summed E-state index contributed by atoms with van der Waals surface area (Å²) in [5, 5.41) is 2.76. The number of aromatic nitrogens is 2. The molecule has 0 bridgehead atoms. The average molecular weight is 431 g/mol. The number of carbonyl (C=O) groups is 2. The number of ether oxygens (including phenoxy) is 3. The molecule has 1 saturated carbocycles. The van der Waals surface area contributed by atoms with Gasteiger partial charge in [-0.15, -0.1) is 0 Å². The van der Waals surface area contributed by atoms with Gasteiger partial charge < -0.3 is 19.5 Å². The predicted octanol–water partition coefficient (Wildman–Crippen LogP) is 1.05. The number of hydrogen-bond acceptors (Lipinski definition) is 7. The van der Waals surface area contributed by atoms with E-state index in [4.69, 9.17) is 14.2 Å². The molecule has 1 aliphatic carbocycles. The molecule has 0 saturated heterocycles. The molecule has 2 atom stereocenters. The van der Waals surface area contributed by atoms with E-state index in [9.17, 15) is 19.2 Å². The first-order chi connectivity index (χ1) is 14.7. The van der Waals surface area contributed by atoms with Crippen LogP contribution in [0.4, 0.5) is 5.69 Å². The SMILES string of the molecule is COc1cc(NC(=O)C2CC2C)c(C(=O)OCc2cc(=O)n(C)c(=O)n2C)cc1OC. The third-order valence-electron chi connectivity index (χ3n) is 5.42. The molecule has 2 unspecified atom stereocenters. The Morgan fingerprint density at radius 1 is 1.06 bits per heavy atom. The van der Waals surface area contributed by atoms with Crippen LogP contribution in [-0.4, -0.2) is 35.2 Å². The lowest BCUT2D eigenvalue weighted by Crippen LogP contribution is -2.38. The van der Waals surface area contributed by atoms with E-state index in [-0.39, 0.29) is 47.0 Å². The summed E-state index contributed by atoms with van der Waals surface area (Å²) in [5.74, 6) is -0.138. The van der Waals surface area contributed by atoms with Crippen LogP contribution in [-0.2, 0) is 30.2 Å². The molecular weight excluding hydrogens is 406 g/mol. The summed E-state index contributed by atoms with van der Waals surface area (Å²) in [6.45, 7) is 1.67. The molecule has 1 aromatic carbocycles. The van der Waals surface area contributed by atoms with Gasteiger partial charge in [-0.3, -0.25) is 18.7 Å². The number of carbonyl (C=O) groups excluding carboxylic acids is 2. The zero-order chi connectivity index (χ0) is 22.9. The molecule has 10 heteroatoms. The Kier molecular flexibility index (Phi) is 6.19. The number of methoxy groups -OCH3 is 2. The van der Waals surface area contributed by atoms with Crippen molar-refractivity contribution in [2.75, 3.05) is 19.5 Å². The van der Waals surface area contributed by atoms with Gasteiger partial charge in [-0.2, -0.15) is 0 Å². The number of hydrogen-bond donors (Lipinski definition) is 1. The largest absolute Gasteiger partial charge is 0.493 e. The van der Waals surface area contributed by atoms with E-state index in [0.29, 0.717) is 5.75 Å². The van der Waals surface area contributed by atoms with Gasteiger partial charge in [-0.1, -0.05) is 6.92 Å². The van der Waals surface area contributed by atoms with Crippen LogP contribution < -0.4 is 26.0 Å². The van der Waals surface area contributed by atoms with E-state index in [1.807, 2.05) is 6.92 Å². The zero-order valence-corrected chi connectivity index (χ0v) is 18.1. The van der Waals surface area contributed by atoms with Gasteiger partial charge in [0.1, 0.15) is 6.61 Å². The van der Waals surface area contributed by atoms with Crippen LogP contribution in [0.25, 0.3) is 0 Å². The Hall–Kier alpha value is -3.56. The van der Waals surface area contributed by atoms with Crippen molar-refractivity contribution in [1.82, 2.24) is 9.13 Å². The van der Waals surface area contributed by atoms with Crippen LogP contribution in [0, 0.1) is 11.8 Å². The van der Waals surface area contributed by atoms with Crippen LogP contribution >= 0.6 is 0 Å². The Labute approximate surface area is 178 Å². The summed E-state index contributed by atoms with van der Waals surface area (Å²) in [7, 11) is 5.71. The topological polar surface area (TPSA) is 118 Å². The van der Waals surface area contributed by atoms with E-state index in [2.05, 4.69) is 5.32 Å². The lowest BCUT2D eigenvalue weighted by Gasteiger charge is -2.16. The number of anilines is 1. The van der Waals surface area contributed by atoms with Gasteiger partial charge in [0, 0.05) is 38.2 Å². The minimum absolute atomic E-state index is 0.0631. The molecule has 0 radical (unpaired) electrons. The number of amides is 1. The molecule has 0 aliphatic heterocycles. The number of nitrogens with one attached hydrogen (secondary N) is 1. The van der Waals surface area contributed by atoms with Gasteiger partial charge >= 0.3 is 11.7 Å². The van der Waals surface area contributed by atoms with E-state index < -0.39 is 17.2 Å². The molecule has 1 fully saturated rings. The van der Waals surface area contributed by atoms with Crippen molar-refractivity contribution in [2.45, 2.75) is 20.0 Å². The van der Waals surface area contributed by atoms with Crippen LogP contribution in [0.1, 0.15) is 29.4 Å². The molecule has 1 amide bonds. The Morgan fingerprint density at radius 2 is 1.68 bits per heavy atom. The van der Waals surface area contributed by atoms with Gasteiger partial charge in [0.15, 0.2) is 11.5 Å². The van der Waals surface area contributed by atoms with Gasteiger partial charge in [-0.25, -0.2) is 9.59 Å². The van der Waals surface area contributed by atoms with Crippen molar-refractivity contribution in [3.63, 3.8) is 0 Å². The van der Waals surface area contributed by atoms with Crippen LogP contribution in [0.2, 0.25) is 0 Å². The van der Waals surface area contributed by atoms with Crippen molar-refractivity contribution >= 4 is 17.6 Å². The Morgan fingerprint density at radius 3 is 2.26 bits per heavy atom. The lowest BCUT2D eigenvalue weighted by molar-refractivity contribution is -0.117. The Bertz CT molecular complexity index is 1150. The van der Waals surface area contributed by atoms with E-state index in [0.717, 1.165) is 11.0 Å². The fraction of sp³-hybridized carbons (Fsp3) is 0.429. The number of rotatable bonds is 7. The number of esters is 1. The molecule has 0 spiro atoms.